The van der Waals surface area contributed by atoms with E-state index in [9.17, 15) is 4.79 Å². The summed E-state index contributed by atoms with van der Waals surface area (Å²) in [7, 11) is 0. The first-order chi connectivity index (χ1) is 15.7. The number of carbonyl (C=O) groups is 1. The summed E-state index contributed by atoms with van der Waals surface area (Å²) in [5.41, 5.74) is 1.41. The molecule has 0 bridgehead atoms. The molecule has 0 spiro atoms. The molecule has 32 heavy (non-hydrogen) atoms. The van der Waals surface area contributed by atoms with Crippen LogP contribution in [0.5, 0.6) is 0 Å². The van der Waals surface area contributed by atoms with Crippen molar-refractivity contribution in [3.63, 3.8) is 0 Å². The third-order valence-corrected chi connectivity index (χ3v) is 8.77. The molecule has 2 aliphatic heterocycles. The van der Waals surface area contributed by atoms with E-state index in [0.29, 0.717) is 6.04 Å². The van der Waals surface area contributed by atoms with Crippen molar-refractivity contribution in [1.29, 1.82) is 0 Å². The number of amides is 1. The molecule has 3 fully saturated rings. The van der Waals surface area contributed by atoms with Gasteiger partial charge in [-0.1, -0.05) is 25.3 Å². The molecule has 5 rings (SSSR count). The molecule has 1 aromatic heterocycles. The molecular formula is C26H38N4OS. The summed E-state index contributed by atoms with van der Waals surface area (Å²) in [6.07, 6.45) is 8.89. The van der Waals surface area contributed by atoms with Crippen LogP contribution in [0, 0.1) is 11.8 Å². The maximum absolute atomic E-state index is 12.3. The van der Waals surface area contributed by atoms with Crippen LogP contribution >= 0.6 is 11.3 Å². The van der Waals surface area contributed by atoms with E-state index in [1.165, 1.54) is 67.5 Å². The van der Waals surface area contributed by atoms with Crippen molar-refractivity contribution >= 4 is 33.0 Å². The minimum Gasteiger partial charge on any atom is -0.368 e. The topological polar surface area (TPSA) is 47.6 Å². The number of hydrogen-bond acceptors (Lipinski definition) is 5. The molecule has 4 atom stereocenters. The summed E-state index contributed by atoms with van der Waals surface area (Å²) in [5.74, 6) is 1.21. The molecule has 5 nitrogen and oxygen atoms in total. The first kappa shape index (κ1) is 22.2. The standard InChI is InChI=1S/C26H38N4OS/c1-19-27-23-10-9-20(18-22(23)26(31)28-19)6-3-2-4-12-29-13-15-30(16-14-29)24-7-5-8-25-21(24)11-17-32-25/h5,7-8,11,17,19-20,22-23,27H,2-4,6,9-10,12-16,18H2,1H3,(H,28,31). The van der Waals surface area contributed by atoms with Crippen LogP contribution in [0.2, 0.25) is 0 Å². The fourth-order valence-electron chi connectivity index (χ4n) is 6.10. The first-order valence-electron chi connectivity index (χ1n) is 12.7. The maximum Gasteiger partial charge on any atom is 0.225 e. The molecule has 1 saturated carbocycles. The number of thiophene rings is 1. The van der Waals surface area contributed by atoms with Crippen molar-refractivity contribution in [2.75, 3.05) is 37.6 Å². The Morgan fingerprint density at radius 2 is 1.94 bits per heavy atom. The number of nitrogens with zero attached hydrogens (tertiary/aromatic N) is 2. The van der Waals surface area contributed by atoms with Gasteiger partial charge in [0.1, 0.15) is 0 Å². The van der Waals surface area contributed by atoms with Gasteiger partial charge in [0.15, 0.2) is 0 Å². The van der Waals surface area contributed by atoms with Gasteiger partial charge in [0.2, 0.25) is 5.91 Å². The average molecular weight is 455 g/mol. The zero-order valence-electron chi connectivity index (χ0n) is 19.4. The first-order valence-corrected chi connectivity index (χ1v) is 13.6. The Morgan fingerprint density at radius 1 is 1.06 bits per heavy atom. The summed E-state index contributed by atoms with van der Waals surface area (Å²) in [6.45, 7) is 7.89. The lowest BCUT2D eigenvalue weighted by Crippen LogP contribution is -2.61. The highest BCUT2D eigenvalue weighted by atomic mass is 32.1. The second-order valence-electron chi connectivity index (χ2n) is 10.1. The second-order valence-corrected chi connectivity index (χ2v) is 11.0. The molecule has 2 aromatic rings. The van der Waals surface area contributed by atoms with Gasteiger partial charge in [0.25, 0.3) is 0 Å². The van der Waals surface area contributed by atoms with E-state index in [-0.39, 0.29) is 18.0 Å². The van der Waals surface area contributed by atoms with Crippen molar-refractivity contribution < 1.29 is 4.79 Å². The molecule has 1 aliphatic carbocycles. The fourth-order valence-corrected chi connectivity index (χ4v) is 6.91. The summed E-state index contributed by atoms with van der Waals surface area (Å²) < 4.78 is 1.40. The van der Waals surface area contributed by atoms with Crippen molar-refractivity contribution in [1.82, 2.24) is 15.5 Å². The van der Waals surface area contributed by atoms with Crippen LogP contribution in [0.3, 0.4) is 0 Å². The number of unbranched alkanes of at least 4 members (excludes halogenated alkanes) is 2. The van der Waals surface area contributed by atoms with E-state index >= 15 is 0 Å². The Balaban J connectivity index is 0.987. The normalized spacial score (nSPS) is 29.2. The van der Waals surface area contributed by atoms with Crippen LogP contribution in [0.25, 0.3) is 10.1 Å². The fraction of sp³-hybridized carbons (Fsp3) is 0.654. The van der Waals surface area contributed by atoms with Crippen molar-refractivity contribution in [2.45, 2.75) is 64.1 Å². The van der Waals surface area contributed by atoms with Gasteiger partial charge in [-0.3, -0.25) is 15.0 Å². The van der Waals surface area contributed by atoms with E-state index in [1.807, 2.05) is 18.3 Å². The monoisotopic (exact) mass is 454 g/mol. The lowest BCUT2D eigenvalue weighted by Gasteiger charge is -2.41. The zero-order valence-corrected chi connectivity index (χ0v) is 20.2. The smallest absolute Gasteiger partial charge is 0.225 e. The molecule has 3 aliphatic rings. The summed E-state index contributed by atoms with van der Waals surface area (Å²) >= 11 is 1.84. The lowest BCUT2D eigenvalue weighted by atomic mass is 9.74. The Kier molecular flexibility index (Phi) is 7.00. The van der Waals surface area contributed by atoms with Crippen LogP contribution in [0.15, 0.2) is 29.6 Å². The number of benzene rings is 1. The van der Waals surface area contributed by atoms with Crippen LogP contribution < -0.4 is 15.5 Å². The highest BCUT2D eigenvalue weighted by molar-refractivity contribution is 7.17. The van der Waals surface area contributed by atoms with E-state index < -0.39 is 0 Å². The maximum atomic E-state index is 12.3. The van der Waals surface area contributed by atoms with E-state index in [1.54, 1.807) is 0 Å². The van der Waals surface area contributed by atoms with Gasteiger partial charge in [-0.05, 0) is 68.6 Å². The third-order valence-electron chi connectivity index (χ3n) is 7.89. The molecule has 1 amide bonds. The van der Waals surface area contributed by atoms with Gasteiger partial charge in [0, 0.05) is 48.0 Å². The highest BCUT2D eigenvalue weighted by Gasteiger charge is 2.38. The van der Waals surface area contributed by atoms with Crippen molar-refractivity contribution in [3.05, 3.63) is 29.6 Å². The molecular weight excluding hydrogens is 416 g/mol. The molecule has 1 aromatic carbocycles. The number of fused-ring (bicyclic) bond motifs is 2. The van der Waals surface area contributed by atoms with Gasteiger partial charge in [-0.2, -0.15) is 0 Å². The number of rotatable bonds is 7. The summed E-state index contributed by atoms with van der Waals surface area (Å²) in [5, 5.41) is 10.3. The zero-order chi connectivity index (χ0) is 21.9. The van der Waals surface area contributed by atoms with Crippen LogP contribution in [0.4, 0.5) is 5.69 Å². The minimum absolute atomic E-state index is 0.131. The Hall–Kier alpha value is -1.63. The molecule has 3 heterocycles. The Morgan fingerprint density at radius 3 is 2.81 bits per heavy atom. The number of piperazine rings is 1. The van der Waals surface area contributed by atoms with Gasteiger partial charge in [-0.15, -0.1) is 11.3 Å². The van der Waals surface area contributed by atoms with Gasteiger partial charge < -0.3 is 10.2 Å². The minimum atomic E-state index is 0.131. The van der Waals surface area contributed by atoms with Crippen LogP contribution in [0.1, 0.15) is 51.9 Å². The molecule has 4 unspecified atom stereocenters. The number of carbonyl (C=O) groups excluding carboxylic acids is 1. The van der Waals surface area contributed by atoms with Gasteiger partial charge >= 0.3 is 0 Å². The van der Waals surface area contributed by atoms with Gasteiger partial charge in [0.05, 0.1) is 12.1 Å². The SMILES string of the molecule is CC1NC(=O)C2CC(CCCCCN3CCN(c4cccc5sccc45)CC3)CCC2N1. The predicted molar refractivity (Wildman–Crippen MR) is 134 cm³/mol. The Labute approximate surface area is 196 Å². The van der Waals surface area contributed by atoms with Gasteiger partial charge in [-0.25, -0.2) is 0 Å². The predicted octanol–water partition coefficient (Wildman–Crippen LogP) is 4.43. The largest absolute Gasteiger partial charge is 0.368 e. The van der Waals surface area contributed by atoms with E-state index in [2.05, 4.69) is 50.1 Å². The van der Waals surface area contributed by atoms with Crippen molar-refractivity contribution in [3.8, 4) is 0 Å². The third kappa shape index (κ3) is 4.97. The molecule has 2 saturated heterocycles. The number of nitrogens with one attached hydrogen (secondary N) is 2. The average Bonchev–Trinajstić information content (AvgIpc) is 3.29. The molecule has 174 valence electrons. The van der Waals surface area contributed by atoms with E-state index in [4.69, 9.17) is 0 Å². The molecule has 2 N–H and O–H groups in total. The van der Waals surface area contributed by atoms with Crippen molar-refractivity contribution in [2.24, 2.45) is 11.8 Å². The highest BCUT2D eigenvalue weighted by Crippen LogP contribution is 2.34. The molecule has 0 radical (unpaired) electrons. The lowest BCUT2D eigenvalue weighted by molar-refractivity contribution is -0.131. The van der Waals surface area contributed by atoms with E-state index in [0.717, 1.165) is 31.8 Å². The van der Waals surface area contributed by atoms with Crippen LogP contribution in [-0.4, -0.2) is 55.7 Å². The second kappa shape index (κ2) is 10.1. The summed E-state index contributed by atoms with van der Waals surface area (Å²) in [6, 6.07) is 9.38. The molecule has 6 heteroatoms. The van der Waals surface area contributed by atoms with Crippen LogP contribution in [-0.2, 0) is 4.79 Å². The Bertz CT molecular complexity index is 906. The summed E-state index contributed by atoms with van der Waals surface area (Å²) in [4.78, 5) is 17.6. The quantitative estimate of drug-likeness (QED) is 0.608. The number of hydrogen-bond donors (Lipinski definition) is 2. The number of anilines is 1.